The highest BCUT2D eigenvalue weighted by Crippen LogP contribution is 2.30. The Hall–Kier alpha value is -1.46. The molecular formula is C16H24FN3O. The van der Waals surface area contributed by atoms with E-state index in [2.05, 4.69) is 17.3 Å². The zero-order valence-electron chi connectivity index (χ0n) is 12.7. The molecule has 1 amide bonds. The van der Waals surface area contributed by atoms with E-state index >= 15 is 0 Å². The van der Waals surface area contributed by atoms with Crippen molar-refractivity contribution in [2.24, 2.45) is 11.7 Å². The first-order valence-corrected chi connectivity index (χ1v) is 7.46. The SMILES string of the molecule is CNC(=O)c1ccc(CC(CN)N(C)CC2CC2)cc1F. The Morgan fingerprint density at radius 1 is 1.52 bits per heavy atom. The fourth-order valence-electron chi connectivity index (χ4n) is 2.55. The number of rotatable bonds is 7. The summed E-state index contributed by atoms with van der Waals surface area (Å²) in [5, 5.41) is 2.43. The lowest BCUT2D eigenvalue weighted by atomic mass is 10.0. The molecule has 116 valence electrons. The molecule has 21 heavy (non-hydrogen) atoms. The molecule has 0 spiro atoms. The number of carbonyl (C=O) groups excluding carboxylic acids is 1. The molecule has 1 aliphatic rings. The number of halogens is 1. The molecule has 1 unspecified atom stereocenters. The normalized spacial score (nSPS) is 16.0. The fourth-order valence-corrected chi connectivity index (χ4v) is 2.55. The van der Waals surface area contributed by atoms with Crippen LogP contribution in [0.4, 0.5) is 4.39 Å². The number of nitrogens with one attached hydrogen (secondary N) is 1. The molecule has 1 atom stereocenters. The van der Waals surface area contributed by atoms with Crippen LogP contribution < -0.4 is 11.1 Å². The first kappa shape index (κ1) is 15.9. The number of nitrogens with two attached hydrogens (primary N) is 1. The molecular weight excluding hydrogens is 269 g/mol. The van der Waals surface area contributed by atoms with E-state index in [9.17, 15) is 9.18 Å². The van der Waals surface area contributed by atoms with Gasteiger partial charge in [-0.1, -0.05) is 6.07 Å². The summed E-state index contributed by atoms with van der Waals surface area (Å²) >= 11 is 0. The predicted octanol–water partition coefficient (Wildman–Crippen LogP) is 1.40. The van der Waals surface area contributed by atoms with Gasteiger partial charge in [0.15, 0.2) is 0 Å². The van der Waals surface area contributed by atoms with E-state index in [4.69, 9.17) is 5.73 Å². The second kappa shape index (κ2) is 7.00. The van der Waals surface area contributed by atoms with Gasteiger partial charge in [-0.25, -0.2) is 4.39 Å². The van der Waals surface area contributed by atoms with Crippen LogP contribution in [0.3, 0.4) is 0 Å². The van der Waals surface area contributed by atoms with Crippen LogP contribution >= 0.6 is 0 Å². The number of carbonyl (C=O) groups is 1. The molecule has 1 fully saturated rings. The van der Waals surface area contributed by atoms with Crippen LogP contribution in [0.15, 0.2) is 18.2 Å². The van der Waals surface area contributed by atoms with Crippen molar-refractivity contribution in [1.82, 2.24) is 10.2 Å². The number of amides is 1. The first-order valence-electron chi connectivity index (χ1n) is 7.46. The third kappa shape index (κ3) is 4.25. The van der Waals surface area contributed by atoms with Crippen LogP contribution in [-0.4, -0.2) is 44.0 Å². The summed E-state index contributed by atoms with van der Waals surface area (Å²) in [5.74, 6) is -0.0795. The standard InChI is InChI=1S/C16H24FN3O/c1-19-16(21)14-6-5-12(8-15(14)17)7-13(9-18)20(2)10-11-3-4-11/h5-6,8,11,13H,3-4,7,9-10,18H2,1-2H3,(H,19,21). The molecule has 1 aromatic carbocycles. The van der Waals surface area contributed by atoms with Crippen LogP contribution in [-0.2, 0) is 6.42 Å². The second-order valence-electron chi connectivity index (χ2n) is 5.87. The Labute approximate surface area is 125 Å². The van der Waals surface area contributed by atoms with Crippen molar-refractivity contribution in [3.63, 3.8) is 0 Å². The second-order valence-corrected chi connectivity index (χ2v) is 5.87. The zero-order valence-corrected chi connectivity index (χ0v) is 12.7. The van der Waals surface area contributed by atoms with Crippen molar-refractivity contribution in [3.8, 4) is 0 Å². The van der Waals surface area contributed by atoms with E-state index in [-0.39, 0.29) is 11.6 Å². The molecule has 4 nitrogen and oxygen atoms in total. The van der Waals surface area contributed by atoms with Crippen LogP contribution in [0.2, 0.25) is 0 Å². The topological polar surface area (TPSA) is 58.4 Å². The molecule has 2 rings (SSSR count). The number of hydrogen-bond acceptors (Lipinski definition) is 3. The molecule has 0 radical (unpaired) electrons. The Morgan fingerprint density at radius 3 is 2.76 bits per heavy atom. The van der Waals surface area contributed by atoms with Gasteiger partial charge in [0.1, 0.15) is 5.82 Å². The highest BCUT2D eigenvalue weighted by molar-refractivity contribution is 5.94. The van der Waals surface area contributed by atoms with E-state index in [0.29, 0.717) is 13.0 Å². The largest absolute Gasteiger partial charge is 0.355 e. The first-order chi connectivity index (χ1) is 10.0. The summed E-state index contributed by atoms with van der Waals surface area (Å²) < 4.78 is 14.0. The van der Waals surface area contributed by atoms with Gasteiger partial charge < -0.3 is 16.0 Å². The monoisotopic (exact) mass is 293 g/mol. The van der Waals surface area contributed by atoms with Crippen LogP contribution in [0.5, 0.6) is 0 Å². The average Bonchev–Trinajstić information content (AvgIpc) is 3.27. The van der Waals surface area contributed by atoms with E-state index in [0.717, 1.165) is 18.0 Å². The average molecular weight is 293 g/mol. The van der Waals surface area contributed by atoms with Crippen molar-refractivity contribution in [2.75, 3.05) is 27.2 Å². The maximum Gasteiger partial charge on any atom is 0.253 e. The zero-order chi connectivity index (χ0) is 15.4. The van der Waals surface area contributed by atoms with Crippen molar-refractivity contribution >= 4 is 5.91 Å². The highest BCUT2D eigenvalue weighted by Gasteiger charge is 2.25. The lowest BCUT2D eigenvalue weighted by molar-refractivity contribution is 0.0959. The van der Waals surface area contributed by atoms with Gasteiger partial charge in [-0.15, -0.1) is 0 Å². The predicted molar refractivity (Wildman–Crippen MR) is 81.7 cm³/mol. The van der Waals surface area contributed by atoms with E-state index < -0.39 is 11.7 Å². The minimum Gasteiger partial charge on any atom is -0.355 e. The van der Waals surface area contributed by atoms with Crippen molar-refractivity contribution in [1.29, 1.82) is 0 Å². The smallest absolute Gasteiger partial charge is 0.253 e. The van der Waals surface area contributed by atoms with Crippen LogP contribution in [0.25, 0.3) is 0 Å². The Kier molecular flexibility index (Phi) is 5.31. The number of benzene rings is 1. The number of hydrogen-bond donors (Lipinski definition) is 2. The Balaban J connectivity index is 2.03. The fraction of sp³-hybridized carbons (Fsp3) is 0.562. The third-order valence-corrected chi connectivity index (χ3v) is 4.12. The quantitative estimate of drug-likeness (QED) is 0.799. The Morgan fingerprint density at radius 2 is 2.24 bits per heavy atom. The van der Waals surface area contributed by atoms with Gasteiger partial charge in [0, 0.05) is 26.2 Å². The third-order valence-electron chi connectivity index (χ3n) is 4.12. The molecule has 5 heteroatoms. The van der Waals surface area contributed by atoms with Crippen molar-refractivity contribution in [2.45, 2.75) is 25.3 Å². The lowest BCUT2D eigenvalue weighted by Gasteiger charge is -2.27. The van der Waals surface area contributed by atoms with Gasteiger partial charge in [0.05, 0.1) is 5.56 Å². The summed E-state index contributed by atoms with van der Waals surface area (Å²) in [6, 6.07) is 4.99. The van der Waals surface area contributed by atoms with Crippen molar-refractivity contribution < 1.29 is 9.18 Å². The van der Waals surface area contributed by atoms with Gasteiger partial charge in [-0.05, 0) is 49.9 Å². The van der Waals surface area contributed by atoms with Gasteiger partial charge in [-0.2, -0.15) is 0 Å². The summed E-state index contributed by atoms with van der Waals surface area (Å²) in [6.45, 7) is 1.60. The maximum absolute atomic E-state index is 14.0. The minimum atomic E-state index is -0.479. The molecule has 0 saturated heterocycles. The van der Waals surface area contributed by atoms with Gasteiger partial charge in [-0.3, -0.25) is 4.79 Å². The highest BCUT2D eigenvalue weighted by atomic mass is 19.1. The summed E-state index contributed by atoms with van der Waals surface area (Å²) in [6.07, 6.45) is 3.30. The van der Waals surface area contributed by atoms with Gasteiger partial charge in [0.2, 0.25) is 0 Å². The molecule has 0 aliphatic heterocycles. The number of nitrogens with zero attached hydrogens (tertiary/aromatic N) is 1. The van der Waals surface area contributed by atoms with E-state index in [1.165, 1.54) is 32.0 Å². The Bertz CT molecular complexity index is 502. The van der Waals surface area contributed by atoms with Crippen LogP contribution in [0, 0.1) is 11.7 Å². The number of likely N-dealkylation sites (N-methyl/N-ethyl adjacent to an activating group) is 1. The molecule has 1 aromatic rings. The molecule has 0 heterocycles. The van der Waals surface area contributed by atoms with E-state index in [1.54, 1.807) is 6.07 Å². The summed E-state index contributed by atoms with van der Waals surface area (Å²) in [7, 11) is 3.57. The van der Waals surface area contributed by atoms with Crippen molar-refractivity contribution in [3.05, 3.63) is 35.1 Å². The summed E-state index contributed by atoms with van der Waals surface area (Å²) in [5.41, 5.74) is 6.81. The van der Waals surface area contributed by atoms with E-state index in [1.807, 2.05) is 0 Å². The lowest BCUT2D eigenvalue weighted by Crippen LogP contribution is -2.40. The van der Waals surface area contributed by atoms with Gasteiger partial charge in [0.25, 0.3) is 5.91 Å². The molecule has 0 bridgehead atoms. The minimum absolute atomic E-state index is 0.0804. The molecule has 3 N–H and O–H groups in total. The maximum atomic E-state index is 14.0. The summed E-state index contributed by atoms with van der Waals surface area (Å²) in [4.78, 5) is 13.7. The molecule has 1 aliphatic carbocycles. The van der Waals surface area contributed by atoms with Gasteiger partial charge >= 0.3 is 0 Å². The van der Waals surface area contributed by atoms with Crippen LogP contribution in [0.1, 0.15) is 28.8 Å². The molecule has 0 aromatic heterocycles. The molecule has 1 saturated carbocycles.